The van der Waals surface area contributed by atoms with Crippen molar-refractivity contribution in [3.05, 3.63) is 95.4 Å². The number of rotatable bonds is 9. The second-order valence-electron chi connectivity index (χ2n) is 7.75. The minimum absolute atomic E-state index is 0.0229. The number of alkyl halides is 2. The van der Waals surface area contributed by atoms with E-state index in [1.165, 1.54) is 17.0 Å². The van der Waals surface area contributed by atoms with E-state index >= 15 is 0 Å². The summed E-state index contributed by atoms with van der Waals surface area (Å²) in [6.07, 6.45) is 2.10. The first kappa shape index (κ1) is 25.5. The Morgan fingerprint density at radius 3 is 2.17 bits per heavy atom. The van der Waals surface area contributed by atoms with Crippen molar-refractivity contribution in [1.82, 2.24) is 4.90 Å². The summed E-state index contributed by atoms with van der Waals surface area (Å²) in [5.74, 6) is -0.455. The molecule has 36 heavy (non-hydrogen) atoms. The van der Waals surface area contributed by atoms with Crippen molar-refractivity contribution in [2.75, 3.05) is 11.4 Å². The molecular weight excluding hydrogens is 502 g/mol. The van der Waals surface area contributed by atoms with Crippen molar-refractivity contribution >= 4 is 57.6 Å². The number of carbonyl (C=O) groups is 2. The molecule has 0 saturated carbocycles. The van der Waals surface area contributed by atoms with Gasteiger partial charge in [-0.05, 0) is 42.8 Å². The van der Waals surface area contributed by atoms with Gasteiger partial charge in [-0.15, -0.1) is 0 Å². The van der Waals surface area contributed by atoms with Crippen LogP contribution in [0.1, 0.15) is 18.4 Å². The molecule has 3 aromatic carbocycles. The molecule has 1 heterocycles. The standard InChI is InChI=1S/C27H22F2N2O3S2/c28-26(29)34-22-15-8-7-10-19(22)18-23-25(33)30(27(35)36-23)17-9-16-24(32)31(20-11-3-1-4-12-20)21-13-5-2-6-14-21/h1-8,10-15,18,26H,9,16-17H2/b23-18-. The summed E-state index contributed by atoms with van der Waals surface area (Å²) in [6.45, 7) is -2.71. The highest BCUT2D eigenvalue weighted by molar-refractivity contribution is 8.26. The summed E-state index contributed by atoms with van der Waals surface area (Å²) in [7, 11) is 0. The van der Waals surface area contributed by atoms with Crippen LogP contribution in [0.3, 0.4) is 0 Å². The van der Waals surface area contributed by atoms with E-state index in [2.05, 4.69) is 4.74 Å². The van der Waals surface area contributed by atoms with Gasteiger partial charge in [-0.2, -0.15) is 8.78 Å². The van der Waals surface area contributed by atoms with Crippen molar-refractivity contribution in [3.63, 3.8) is 0 Å². The van der Waals surface area contributed by atoms with Crippen LogP contribution in [0.25, 0.3) is 6.08 Å². The van der Waals surface area contributed by atoms with Gasteiger partial charge in [0.05, 0.1) is 4.91 Å². The van der Waals surface area contributed by atoms with Gasteiger partial charge in [0, 0.05) is 29.9 Å². The highest BCUT2D eigenvalue weighted by Gasteiger charge is 2.32. The molecule has 0 unspecified atom stereocenters. The van der Waals surface area contributed by atoms with Crippen LogP contribution < -0.4 is 9.64 Å². The summed E-state index contributed by atoms with van der Waals surface area (Å²) in [5, 5.41) is 0. The maximum atomic E-state index is 13.2. The van der Waals surface area contributed by atoms with Gasteiger partial charge in [0.25, 0.3) is 5.91 Å². The van der Waals surface area contributed by atoms with Crippen molar-refractivity contribution in [2.45, 2.75) is 19.5 Å². The third-order valence-corrected chi connectivity index (χ3v) is 6.72. The Hall–Kier alpha value is -3.56. The molecule has 0 aromatic heterocycles. The molecule has 184 valence electrons. The number of ether oxygens (including phenoxy) is 1. The molecule has 4 rings (SSSR count). The van der Waals surface area contributed by atoms with E-state index < -0.39 is 6.61 Å². The molecule has 3 aromatic rings. The number of hydrogen-bond donors (Lipinski definition) is 0. The number of benzene rings is 3. The molecule has 2 amide bonds. The van der Waals surface area contributed by atoms with Gasteiger partial charge < -0.3 is 4.74 Å². The first-order valence-electron chi connectivity index (χ1n) is 11.2. The van der Waals surface area contributed by atoms with E-state index in [1.807, 2.05) is 60.7 Å². The van der Waals surface area contributed by atoms with Crippen molar-refractivity contribution in [3.8, 4) is 5.75 Å². The SMILES string of the molecule is O=C1/C(=C/c2ccccc2OC(F)F)SC(=S)N1CCCC(=O)N(c1ccccc1)c1ccccc1. The maximum Gasteiger partial charge on any atom is 0.387 e. The van der Waals surface area contributed by atoms with Crippen LogP contribution in [0.5, 0.6) is 5.75 Å². The minimum atomic E-state index is -2.97. The number of amides is 2. The Balaban J connectivity index is 1.43. The number of halogens is 2. The lowest BCUT2D eigenvalue weighted by Gasteiger charge is -2.23. The van der Waals surface area contributed by atoms with Crippen LogP contribution in [-0.2, 0) is 9.59 Å². The normalized spacial score (nSPS) is 14.5. The van der Waals surface area contributed by atoms with E-state index in [0.717, 1.165) is 23.1 Å². The fraction of sp³-hybridized carbons (Fsp3) is 0.148. The average Bonchev–Trinajstić information content (AvgIpc) is 3.14. The predicted octanol–water partition coefficient (Wildman–Crippen LogP) is 6.63. The number of anilines is 2. The quantitative estimate of drug-likeness (QED) is 0.232. The van der Waals surface area contributed by atoms with Crippen LogP contribution in [0.4, 0.5) is 20.2 Å². The summed E-state index contributed by atoms with van der Waals surface area (Å²) in [6, 6.07) is 25.0. The minimum Gasteiger partial charge on any atom is -0.434 e. The number of nitrogens with zero attached hydrogens (tertiary/aromatic N) is 2. The van der Waals surface area contributed by atoms with Crippen molar-refractivity contribution in [2.24, 2.45) is 0 Å². The molecule has 0 aliphatic carbocycles. The first-order chi connectivity index (χ1) is 17.4. The molecule has 0 bridgehead atoms. The van der Waals surface area contributed by atoms with E-state index in [-0.39, 0.29) is 30.5 Å². The molecule has 1 saturated heterocycles. The van der Waals surface area contributed by atoms with E-state index in [0.29, 0.717) is 21.2 Å². The molecule has 0 spiro atoms. The largest absolute Gasteiger partial charge is 0.434 e. The number of para-hydroxylation sites is 3. The molecular formula is C27H22F2N2O3S2. The average molecular weight is 525 g/mol. The Morgan fingerprint density at radius 1 is 0.972 bits per heavy atom. The molecule has 1 aliphatic rings. The van der Waals surface area contributed by atoms with E-state index in [9.17, 15) is 18.4 Å². The van der Waals surface area contributed by atoms with Gasteiger partial charge in [0.2, 0.25) is 5.91 Å². The zero-order valence-electron chi connectivity index (χ0n) is 19.1. The lowest BCUT2D eigenvalue weighted by molar-refractivity contribution is -0.123. The molecule has 1 fully saturated rings. The lowest BCUT2D eigenvalue weighted by atomic mass is 10.1. The molecule has 0 radical (unpaired) electrons. The van der Waals surface area contributed by atoms with Gasteiger partial charge in [0.15, 0.2) is 0 Å². The maximum absolute atomic E-state index is 13.2. The third kappa shape index (κ3) is 6.16. The zero-order valence-corrected chi connectivity index (χ0v) is 20.7. The van der Waals surface area contributed by atoms with E-state index in [4.69, 9.17) is 12.2 Å². The van der Waals surface area contributed by atoms with Gasteiger partial charge in [0.1, 0.15) is 10.1 Å². The molecule has 0 N–H and O–H groups in total. The van der Waals surface area contributed by atoms with Crippen LogP contribution in [-0.4, -0.2) is 34.2 Å². The Morgan fingerprint density at radius 2 is 1.56 bits per heavy atom. The Bertz CT molecular complexity index is 1230. The van der Waals surface area contributed by atoms with Gasteiger partial charge in [-0.3, -0.25) is 19.4 Å². The van der Waals surface area contributed by atoms with Crippen LogP contribution in [0.2, 0.25) is 0 Å². The molecule has 0 atom stereocenters. The second-order valence-corrected chi connectivity index (χ2v) is 9.43. The summed E-state index contributed by atoms with van der Waals surface area (Å²) in [4.78, 5) is 29.6. The highest BCUT2D eigenvalue weighted by Crippen LogP contribution is 2.35. The fourth-order valence-corrected chi connectivity index (χ4v) is 5.03. The lowest BCUT2D eigenvalue weighted by Crippen LogP contribution is -2.31. The monoisotopic (exact) mass is 524 g/mol. The Kier molecular flexibility index (Phi) is 8.45. The smallest absolute Gasteiger partial charge is 0.387 e. The number of hydrogen-bond acceptors (Lipinski definition) is 5. The zero-order chi connectivity index (χ0) is 25.5. The molecule has 5 nitrogen and oxygen atoms in total. The molecule has 9 heteroatoms. The van der Waals surface area contributed by atoms with Crippen LogP contribution in [0, 0.1) is 0 Å². The second kappa shape index (κ2) is 11.9. The number of thioether (sulfide) groups is 1. The van der Waals surface area contributed by atoms with Gasteiger partial charge >= 0.3 is 6.61 Å². The number of carbonyl (C=O) groups excluding carboxylic acids is 2. The van der Waals surface area contributed by atoms with Crippen molar-refractivity contribution < 1.29 is 23.1 Å². The van der Waals surface area contributed by atoms with E-state index in [1.54, 1.807) is 23.1 Å². The van der Waals surface area contributed by atoms with Crippen molar-refractivity contribution in [1.29, 1.82) is 0 Å². The summed E-state index contributed by atoms with van der Waals surface area (Å²) >= 11 is 6.47. The fourth-order valence-electron chi connectivity index (χ4n) is 3.73. The predicted molar refractivity (Wildman–Crippen MR) is 142 cm³/mol. The Labute approximate surface area is 217 Å². The summed E-state index contributed by atoms with van der Waals surface area (Å²) < 4.78 is 30.3. The van der Waals surface area contributed by atoms with Gasteiger partial charge in [-0.1, -0.05) is 78.6 Å². The topological polar surface area (TPSA) is 49.9 Å². The number of thiocarbonyl (C=S) groups is 1. The van der Waals surface area contributed by atoms with Crippen LogP contribution in [0.15, 0.2) is 89.8 Å². The first-order valence-corrected chi connectivity index (χ1v) is 12.4. The highest BCUT2D eigenvalue weighted by atomic mass is 32.2. The van der Waals surface area contributed by atoms with Gasteiger partial charge in [-0.25, -0.2) is 0 Å². The summed E-state index contributed by atoms with van der Waals surface area (Å²) in [5.41, 5.74) is 1.87. The van der Waals surface area contributed by atoms with Crippen LogP contribution >= 0.6 is 24.0 Å². The third-order valence-electron chi connectivity index (χ3n) is 5.35. The molecule has 1 aliphatic heterocycles.